The number of anilines is 1. The molecule has 0 aromatic heterocycles. The van der Waals surface area contributed by atoms with Crippen molar-refractivity contribution in [2.75, 3.05) is 11.4 Å². The van der Waals surface area contributed by atoms with Crippen molar-refractivity contribution in [3.63, 3.8) is 0 Å². The van der Waals surface area contributed by atoms with Gasteiger partial charge < -0.3 is 10.6 Å². The van der Waals surface area contributed by atoms with Crippen LogP contribution in [-0.4, -0.2) is 12.1 Å². The van der Waals surface area contributed by atoms with Crippen LogP contribution in [-0.2, 0) is 0 Å². The van der Waals surface area contributed by atoms with Crippen molar-refractivity contribution in [3.05, 3.63) is 42.2 Å². The highest BCUT2D eigenvalue weighted by molar-refractivity contribution is 5.52. The van der Waals surface area contributed by atoms with Crippen molar-refractivity contribution < 1.29 is 4.39 Å². The van der Waals surface area contributed by atoms with Crippen LogP contribution in [0.25, 0.3) is 0 Å². The van der Waals surface area contributed by atoms with Gasteiger partial charge in [-0.05, 0) is 45.4 Å². The fourth-order valence-corrected chi connectivity index (χ4v) is 1.89. The van der Waals surface area contributed by atoms with Crippen LogP contribution >= 0.6 is 0 Å². The molecule has 0 radical (unpaired) electrons. The van der Waals surface area contributed by atoms with Gasteiger partial charge in [-0.3, -0.25) is 0 Å². The molecule has 0 aliphatic heterocycles. The van der Waals surface area contributed by atoms with Gasteiger partial charge in [0, 0.05) is 18.1 Å². The monoisotopic (exact) mass is 250 g/mol. The third-order valence-electron chi connectivity index (χ3n) is 2.91. The Labute approximate surface area is 109 Å². The first-order valence-corrected chi connectivity index (χ1v) is 6.21. The molecule has 1 unspecified atom stereocenters. The number of hydrogen-bond donors (Lipinski definition) is 1. The zero-order valence-corrected chi connectivity index (χ0v) is 11.7. The second-order valence-electron chi connectivity index (χ2n) is 5.57. The standard InChI is InChI=1S/C15H23FN2/c1-6-9-18(15(3,4)5)14-8-7-12(11(2)17)10-13(14)16/h6-8,10-11H,1,9,17H2,2-5H3. The Morgan fingerprint density at radius 3 is 2.44 bits per heavy atom. The van der Waals surface area contributed by atoms with Crippen molar-refractivity contribution in [2.24, 2.45) is 5.73 Å². The van der Waals surface area contributed by atoms with Crippen LogP contribution in [0.3, 0.4) is 0 Å². The first kappa shape index (κ1) is 14.7. The molecule has 18 heavy (non-hydrogen) atoms. The van der Waals surface area contributed by atoms with Gasteiger partial charge in [-0.25, -0.2) is 4.39 Å². The zero-order chi connectivity index (χ0) is 13.9. The summed E-state index contributed by atoms with van der Waals surface area (Å²) < 4.78 is 14.2. The molecule has 0 spiro atoms. The van der Waals surface area contributed by atoms with E-state index < -0.39 is 0 Å². The van der Waals surface area contributed by atoms with Gasteiger partial charge in [0.05, 0.1) is 5.69 Å². The SMILES string of the molecule is C=CCN(c1ccc(C(C)N)cc1F)C(C)(C)C. The molecule has 0 fully saturated rings. The molecule has 0 heterocycles. The highest BCUT2D eigenvalue weighted by Gasteiger charge is 2.23. The Bertz CT molecular complexity index is 419. The van der Waals surface area contributed by atoms with Crippen LogP contribution in [0.15, 0.2) is 30.9 Å². The summed E-state index contributed by atoms with van der Waals surface area (Å²) in [7, 11) is 0. The minimum absolute atomic E-state index is 0.156. The number of nitrogens with two attached hydrogens (primary N) is 1. The Balaban J connectivity index is 3.18. The topological polar surface area (TPSA) is 29.3 Å². The molecule has 0 amide bonds. The Kier molecular flexibility index (Phi) is 4.52. The third-order valence-corrected chi connectivity index (χ3v) is 2.91. The summed E-state index contributed by atoms with van der Waals surface area (Å²) in [4.78, 5) is 1.99. The van der Waals surface area contributed by atoms with Gasteiger partial charge in [0.2, 0.25) is 0 Å². The summed E-state index contributed by atoms with van der Waals surface area (Å²) in [6, 6.07) is 5.03. The summed E-state index contributed by atoms with van der Waals surface area (Å²) in [6.45, 7) is 12.3. The average Bonchev–Trinajstić information content (AvgIpc) is 2.24. The number of halogens is 1. The van der Waals surface area contributed by atoms with Crippen molar-refractivity contribution in [1.82, 2.24) is 0 Å². The van der Waals surface area contributed by atoms with E-state index in [2.05, 4.69) is 27.4 Å². The lowest BCUT2D eigenvalue weighted by Crippen LogP contribution is -2.42. The Morgan fingerprint density at radius 1 is 1.44 bits per heavy atom. The summed E-state index contributed by atoms with van der Waals surface area (Å²) in [5, 5.41) is 0. The van der Waals surface area contributed by atoms with Crippen LogP contribution in [0.4, 0.5) is 10.1 Å². The second-order valence-corrected chi connectivity index (χ2v) is 5.57. The molecule has 1 rings (SSSR count). The lowest BCUT2D eigenvalue weighted by Gasteiger charge is -2.37. The van der Waals surface area contributed by atoms with E-state index in [4.69, 9.17) is 5.73 Å². The molecular weight excluding hydrogens is 227 g/mol. The molecule has 0 aliphatic rings. The van der Waals surface area contributed by atoms with Crippen LogP contribution < -0.4 is 10.6 Å². The molecule has 0 saturated heterocycles. The first-order valence-electron chi connectivity index (χ1n) is 6.21. The summed E-state index contributed by atoms with van der Waals surface area (Å²) >= 11 is 0. The molecule has 0 saturated carbocycles. The maximum absolute atomic E-state index is 14.2. The molecule has 3 heteroatoms. The summed E-state index contributed by atoms with van der Waals surface area (Å²) in [5.74, 6) is -0.235. The van der Waals surface area contributed by atoms with Crippen LogP contribution in [0.1, 0.15) is 39.3 Å². The van der Waals surface area contributed by atoms with Crippen LogP contribution in [0.2, 0.25) is 0 Å². The molecular formula is C15H23FN2. The highest BCUT2D eigenvalue weighted by atomic mass is 19.1. The van der Waals surface area contributed by atoms with Gasteiger partial charge in [0.15, 0.2) is 0 Å². The van der Waals surface area contributed by atoms with Crippen molar-refractivity contribution in [2.45, 2.75) is 39.3 Å². The largest absolute Gasteiger partial charge is 0.361 e. The van der Waals surface area contributed by atoms with Crippen molar-refractivity contribution in [1.29, 1.82) is 0 Å². The van der Waals surface area contributed by atoms with Gasteiger partial charge >= 0.3 is 0 Å². The fourth-order valence-electron chi connectivity index (χ4n) is 1.89. The lowest BCUT2D eigenvalue weighted by atomic mass is 10.0. The van der Waals surface area contributed by atoms with E-state index >= 15 is 0 Å². The van der Waals surface area contributed by atoms with E-state index in [1.807, 2.05) is 17.9 Å². The summed E-state index contributed by atoms with van der Waals surface area (Å²) in [5.41, 5.74) is 6.99. The quantitative estimate of drug-likeness (QED) is 0.827. The minimum Gasteiger partial charge on any atom is -0.361 e. The fraction of sp³-hybridized carbons (Fsp3) is 0.467. The predicted octanol–water partition coefficient (Wildman–Crippen LogP) is 3.64. The number of rotatable bonds is 4. The normalized spacial score (nSPS) is 13.2. The van der Waals surface area contributed by atoms with E-state index in [1.165, 1.54) is 6.07 Å². The minimum atomic E-state index is -0.235. The number of benzene rings is 1. The maximum Gasteiger partial charge on any atom is 0.146 e. The van der Waals surface area contributed by atoms with Gasteiger partial charge in [-0.1, -0.05) is 12.1 Å². The average molecular weight is 250 g/mol. The van der Waals surface area contributed by atoms with Crippen molar-refractivity contribution in [3.8, 4) is 0 Å². The van der Waals surface area contributed by atoms with Gasteiger partial charge in [0.1, 0.15) is 5.82 Å². The van der Waals surface area contributed by atoms with E-state index in [9.17, 15) is 4.39 Å². The molecule has 0 aliphatic carbocycles. The Morgan fingerprint density at radius 2 is 2.06 bits per heavy atom. The predicted molar refractivity (Wildman–Crippen MR) is 76.3 cm³/mol. The maximum atomic E-state index is 14.2. The number of hydrogen-bond acceptors (Lipinski definition) is 2. The van der Waals surface area contributed by atoms with Gasteiger partial charge in [-0.15, -0.1) is 6.58 Å². The van der Waals surface area contributed by atoms with E-state index in [0.29, 0.717) is 12.2 Å². The molecule has 1 atom stereocenters. The lowest BCUT2D eigenvalue weighted by molar-refractivity contribution is 0.507. The van der Waals surface area contributed by atoms with E-state index in [1.54, 1.807) is 12.1 Å². The molecule has 1 aromatic carbocycles. The van der Waals surface area contributed by atoms with Crippen LogP contribution in [0.5, 0.6) is 0 Å². The van der Waals surface area contributed by atoms with Gasteiger partial charge in [-0.2, -0.15) is 0 Å². The molecule has 100 valence electrons. The first-order chi connectivity index (χ1) is 8.27. The molecule has 2 N–H and O–H groups in total. The smallest absolute Gasteiger partial charge is 0.146 e. The molecule has 2 nitrogen and oxygen atoms in total. The zero-order valence-electron chi connectivity index (χ0n) is 11.7. The highest BCUT2D eigenvalue weighted by Crippen LogP contribution is 2.28. The second kappa shape index (κ2) is 5.53. The van der Waals surface area contributed by atoms with Gasteiger partial charge in [0.25, 0.3) is 0 Å². The van der Waals surface area contributed by atoms with Crippen LogP contribution in [0, 0.1) is 5.82 Å². The number of nitrogens with zero attached hydrogens (tertiary/aromatic N) is 1. The third kappa shape index (κ3) is 3.33. The summed E-state index contributed by atoms with van der Waals surface area (Å²) in [6.07, 6.45) is 1.78. The van der Waals surface area contributed by atoms with E-state index in [0.717, 1.165) is 5.56 Å². The Hall–Kier alpha value is -1.35. The molecule has 1 aromatic rings. The van der Waals surface area contributed by atoms with E-state index in [-0.39, 0.29) is 17.4 Å². The molecule has 0 bridgehead atoms. The van der Waals surface area contributed by atoms with Crippen molar-refractivity contribution >= 4 is 5.69 Å².